The first-order valence-corrected chi connectivity index (χ1v) is 8.49. The molecular weight excluding hydrogens is 262 g/mol. The summed E-state index contributed by atoms with van der Waals surface area (Å²) in [5.41, 5.74) is 0.827. The van der Waals surface area contributed by atoms with Crippen molar-refractivity contribution in [2.24, 2.45) is 0 Å². The zero-order chi connectivity index (χ0) is 13.5. The normalized spacial score (nSPS) is 32.6. The van der Waals surface area contributed by atoms with Crippen LogP contribution in [0.3, 0.4) is 0 Å². The minimum Gasteiger partial charge on any atom is -0.493 e. The van der Waals surface area contributed by atoms with E-state index in [4.69, 9.17) is 4.74 Å². The second-order valence-electron chi connectivity index (χ2n) is 5.77. The first-order valence-electron chi connectivity index (χ1n) is 6.67. The Morgan fingerprint density at radius 2 is 2.16 bits per heavy atom. The highest BCUT2D eigenvalue weighted by Gasteiger charge is 2.40. The molecule has 0 bridgehead atoms. The third-order valence-electron chi connectivity index (χ3n) is 3.98. The Labute approximate surface area is 114 Å². The van der Waals surface area contributed by atoms with Crippen molar-refractivity contribution in [1.82, 2.24) is 5.32 Å². The Balaban J connectivity index is 1.82. The summed E-state index contributed by atoms with van der Waals surface area (Å²) in [6, 6.07) is 8.16. The molecule has 2 heterocycles. The monoisotopic (exact) mass is 281 g/mol. The lowest BCUT2D eigenvalue weighted by Gasteiger charge is -2.34. The molecule has 0 aromatic heterocycles. The van der Waals surface area contributed by atoms with Crippen LogP contribution in [0.2, 0.25) is 0 Å². The van der Waals surface area contributed by atoms with Crippen molar-refractivity contribution in [2.75, 3.05) is 18.1 Å². The summed E-state index contributed by atoms with van der Waals surface area (Å²) in [7, 11) is -2.88. The third kappa shape index (κ3) is 2.62. The molecule has 2 unspecified atom stereocenters. The van der Waals surface area contributed by atoms with Crippen LogP contribution in [0.5, 0.6) is 5.75 Å². The minimum atomic E-state index is -2.88. The number of rotatable bonds is 2. The van der Waals surface area contributed by atoms with Crippen molar-refractivity contribution in [2.45, 2.75) is 31.3 Å². The van der Waals surface area contributed by atoms with Gasteiger partial charge in [0.05, 0.1) is 18.1 Å². The maximum absolute atomic E-state index is 11.7. The molecule has 104 valence electrons. The summed E-state index contributed by atoms with van der Waals surface area (Å²) < 4.78 is 29.0. The molecule has 3 rings (SSSR count). The van der Waals surface area contributed by atoms with E-state index in [2.05, 4.69) is 11.4 Å². The molecule has 1 aromatic rings. The standard InChI is InChI=1S/C14H19NO3S/c1-14(7-9-19(16,17)10-14)15-12-6-8-18-13-5-3-2-4-11(12)13/h2-5,12,15H,6-10H2,1H3. The van der Waals surface area contributed by atoms with E-state index in [-0.39, 0.29) is 17.3 Å². The maximum atomic E-state index is 11.7. The maximum Gasteiger partial charge on any atom is 0.152 e. The predicted octanol–water partition coefficient (Wildman–Crippen LogP) is 1.68. The molecule has 0 spiro atoms. The molecule has 0 amide bonds. The van der Waals surface area contributed by atoms with Crippen molar-refractivity contribution in [1.29, 1.82) is 0 Å². The van der Waals surface area contributed by atoms with Gasteiger partial charge < -0.3 is 10.1 Å². The van der Waals surface area contributed by atoms with Gasteiger partial charge in [-0.2, -0.15) is 0 Å². The van der Waals surface area contributed by atoms with Crippen LogP contribution in [0.1, 0.15) is 31.4 Å². The van der Waals surface area contributed by atoms with Crippen molar-refractivity contribution < 1.29 is 13.2 Å². The number of sulfone groups is 1. The molecule has 0 radical (unpaired) electrons. The fourth-order valence-electron chi connectivity index (χ4n) is 3.04. The molecule has 2 atom stereocenters. The van der Waals surface area contributed by atoms with Crippen LogP contribution in [0.15, 0.2) is 24.3 Å². The van der Waals surface area contributed by atoms with E-state index in [9.17, 15) is 8.42 Å². The summed E-state index contributed by atoms with van der Waals surface area (Å²) >= 11 is 0. The average molecular weight is 281 g/mol. The van der Waals surface area contributed by atoms with E-state index in [1.54, 1.807) is 0 Å². The highest BCUT2D eigenvalue weighted by molar-refractivity contribution is 7.91. The predicted molar refractivity (Wildman–Crippen MR) is 74.1 cm³/mol. The molecule has 1 saturated heterocycles. The van der Waals surface area contributed by atoms with Gasteiger partial charge in [0.15, 0.2) is 9.84 Å². The smallest absolute Gasteiger partial charge is 0.152 e. The molecule has 2 aliphatic heterocycles. The van der Waals surface area contributed by atoms with Crippen molar-refractivity contribution in [3.63, 3.8) is 0 Å². The van der Waals surface area contributed by atoms with E-state index < -0.39 is 9.84 Å². The first-order chi connectivity index (χ1) is 8.98. The SMILES string of the molecule is CC1(NC2CCOc3ccccc32)CCS(=O)(=O)C1. The minimum absolute atomic E-state index is 0.184. The zero-order valence-corrected chi connectivity index (χ0v) is 11.9. The Kier molecular flexibility index (Phi) is 3.06. The van der Waals surface area contributed by atoms with Crippen molar-refractivity contribution in [3.8, 4) is 5.75 Å². The van der Waals surface area contributed by atoms with Crippen LogP contribution in [-0.2, 0) is 9.84 Å². The molecule has 5 heteroatoms. The lowest BCUT2D eigenvalue weighted by molar-refractivity contribution is 0.227. The van der Waals surface area contributed by atoms with E-state index in [0.29, 0.717) is 18.8 Å². The van der Waals surface area contributed by atoms with Gasteiger partial charge in [-0.3, -0.25) is 0 Å². The van der Waals surface area contributed by atoms with Crippen LogP contribution in [0, 0.1) is 0 Å². The number of nitrogens with one attached hydrogen (secondary N) is 1. The summed E-state index contributed by atoms with van der Waals surface area (Å²) in [6.45, 7) is 2.69. The van der Waals surface area contributed by atoms with E-state index in [0.717, 1.165) is 17.7 Å². The van der Waals surface area contributed by atoms with Crippen molar-refractivity contribution >= 4 is 9.84 Å². The molecule has 4 nitrogen and oxygen atoms in total. The van der Waals surface area contributed by atoms with Gasteiger partial charge in [-0.05, 0) is 19.4 Å². The van der Waals surface area contributed by atoms with Gasteiger partial charge in [-0.15, -0.1) is 0 Å². The second-order valence-corrected chi connectivity index (χ2v) is 7.96. The van der Waals surface area contributed by atoms with Crippen LogP contribution in [0.4, 0.5) is 0 Å². The molecule has 0 aliphatic carbocycles. The Bertz CT molecular complexity index is 584. The van der Waals surface area contributed by atoms with E-state index in [1.807, 2.05) is 25.1 Å². The highest BCUT2D eigenvalue weighted by Crippen LogP contribution is 2.35. The summed E-state index contributed by atoms with van der Waals surface area (Å²) in [5.74, 6) is 1.44. The third-order valence-corrected chi connectivity index (χ3v) is 5.89. The largest absolute Gasteiger partial charge is 0.493 e. The Hall–Kier alpha value is -1.07. The summed E-state index contributed by atoms with van der Waals surface area (Å²) in [6.07, 6.45) is 1.57. The average Bonchev–Trinajstić information content (AvgIpc) is 2.64. The van der Waals surface area contributed by atoms with Gasteiger partial charge in [0.1, 0.15) is 5.75 Å². The van der Waals surface area contributed by atoms with Crippen LogP contribution in [-0.4, -0.2) is 32.1 Å². The number of ether oxygens (including phenoxy) is 1. The quantitative estimate of drug-likeness (QED) is 0.896. The van der Waals surface area contributed by atoms with Gasteiger partial charge in [0, 0.05) is 23.6 Å². The summed E-state index contributed by atoms with van der Waals surface area (Å²) in [5, 5.41) is 3.55. The molecule has 19 heavy (non-hydrogen) atoms. The Morgan fingerprint density at radius 1 is 1.37 bits per heavy atom. The highest BCUT2D eigenvalue weighted by atomic mass is 32.2. The van der Waals surface area contributed by atoms with Gasteiger partial charge >= 0.3 is 0 Å². The molecule has 1 fully saturated rings. The topological polar surface area (TPSA) is 55.4 Å². The number of para-hydroxylation sites is 1. The fraction of sp³-hybridized carbons (Fsp3) is 0.571. The number of hydrogen-bond donors (Lipinski definition) is 1. The van der Waals surface area contributed by atoms with Crippen LogP contribution >= 0.6 is 0 Å². The summed E-state index contributed by atoms with van der Waals surface area (Å²) in [4.78, 5) is 0. The zero-order valence-electron chi connectivity index (χ0n) is 11.1. The molecular formula is C14H19NO3S. The molecule has 0 saturated carbocycles. The van der Waals surface area contributed by atoms with Crippen molar-refractivity contribution in [3.05, 3.63) is 29.8 Å². The lowest BCUT2D eigenvalue weighted by Crippen LogP contribution is -2.46. The Morgan fingerprint density at radius 3 is 2.89 bits per heavy atom. The number of hydrogen-bond acceptors (Lipinski definition) is 4. The fourth-order valence-corrected chi connectivity index (χ4v) is 5.14. The first kappa shape index (κ1) is 12.9. The second kappa shape index (κ2) is 4.49. The number of fused-ring (bicyclic) bond motifs is 1. The van der Waals surface area contributed by atoms with Crippen LogP contribution < -0.4 is 10.1 Å². The number of benzene rings is 1. The van der Waals surface area contributed by atoms with Crippen LogP contribution in [0.25, 0.3) is 0 Å². The van der Waals surface area contributed by atoms with Gasteiger partial charge in [-0.25, -0.2) is 8.42 Å². The molecule has 1 aromatic carbocycles. The van der Waals surface area contributed by atoms with E-state index >= 15 is 0 Å². The molecule has 2 aliphatic rings. The lowest BCUT2D eigenvalue weighted by atomic mass is 9.94. The molecule has 1 N–H and O–H groups in total. The van der Waals surface area contributed by atoms with Gasteiger partial charge in [-0.1, -0.05) is 18.2 Å². The van der Waals surface area contributed by atoms with Gasteiger partial charge in [0.2, 0.25) is 0 Å². The van der Waals surface area contributed by atoms with Gasteiger partial charge in [0.25, 0.3) is 0 Å². The van der Waals surface area contributed by atoms with E-state index in [1.165, 1.54) is 0 Å².